The third kappa shape index (κ3) is 2.54. The van der Waals surface area contributed by atoms with Crippen LogP contribution in [0, 0.1) is 9.39 Å². The van der Waals surface area contributed by atoms with Gasteiger partial charge >= 0.3 is 0 Å². The van der Waals surface area contributed by atoms with Gasteiger partial charge in [-0.15, -0.1) is 0 Å². The van der Waals surface area contributed by atoms with Crippen LogP contribution in [0.15, 0.2) is 21.5 Å². The SMILES string of the molecule is O=S(=O)(Cl)c1ccc(F)c(Br)c1I. The molecular weight excluding hydrogens is 397 g/mol. The Bertz CT molecular complexity index is 448. The highest BCUT2D eigenvalue weighted by Crippen LogP contribution is 2.30. The van der Waals surface area contributed by atoms with Gasteiger partial charge in [-0.05, 0) is 50.7 Å². The van der Waals surface area contributed by atoms with Crippen molar-refractivity contribution in [3.05, 3.63) is 26.0 Å². The van der Waals surface area contributed by atoms with Crippen molar-refractivity contribution in [2.75, 3.05) is 0 Å². The van der Waals surface area contributed by atoms with Gasteiger partial charge in [-0.3, -0.25) is 0 Å². The first-order chi connectivity index (χ1) is 5.84. The Balaban J connectivity index is 3.53. The van der Waals surface area contributed by atoms with Crippen LogP contribution >= 0.6 is 49.2 Å². The van der Waals surface area contributed by atoms with E-state index in [4.69, 9.17) is 10.7 Å². The molecule has 0 aromatic heterocycles. The zero-order chi connectivity index (χ0) is 10.2. The molecule has 2 nitrogen and oxygen atoms in total. The van der Waals surface area contributed by atoms with E-state index in [1.54, 1.807) is 22.6 Å². The molecule has 0 saturated heterocycles. The summed E-state index contributed by atoms with van der Waals surface area (Å²) in [5, 5.41) is 0. The number of hydrogen-bond donors (Lipinski definition) is 0. The molecule has 0 saturated carbocycles. The van der Waals surface area contributed by atoms with Crippen LogP contribution in [0.5, 0.6) is 0 Å². The predicted molar refractivity (Wildman–Crippen MR) is 59.9 cm³/mol. The molecule has 1 aromatic carbocycles. The summed E-state index contributed by atoms with van der Waals surface area (Å²) in [5.41, 5.74) is 0. The third-order valence-electron chi connectivity index (χ3n) is 1.26. The van der Waals surface area contributed by atoms with E-state index in [-0.39, 0.29) is 12.9 Å². The Labute approximate surface area is 101 Å². The van der Waals surface area contributed by atoms with E-state index < -0.39 is 14.9 Å². The second kappa shape index (κ2) is 4.00. The molecule has 0 N–H and O–H groups in total. The van der Waals surface area contributed by atoms with Gasteiger partial charge in [0.25, 0.3) is 9.05 Å². The fourth-order valence-corrected chi connectivity index (χ4v) is 3.80. The lowest BCUT2D eigenvalue weighted by molar-refractivity contribution is 0.604. The van der Waals surface area contributed by atoms with Crippen molar-refractivity contribution in [2.24, 2.45) is 0 Å². The molecule has 0 aliphatic carbocycles. The number of benzene rings is 1. The molecule has 0 atom stereocenters. The summed E-state index contributed by atoms with van der Waals surface area (Å²) in [6.45, 7) is 0. The van der Waals surface area contributed by atoms with Crippen molar-refractivity contribution in [3.63, 3.8) is 0 Å². The van der Waals surface area contributed by atoms with Crippen LogP contribution in [0.4, 0.5) is 4.39 Å². The smallest absolute Gasteiger partial charge is 0.207 e. The first-order valence-corrected chi connectivity index (χ1v) is 7.10. The maximum absolute atomic E-state index is 12.9. The van der Waals surface area contributed by atoms with Crippen molar-refractivity contribution in [1.82, 2.24) is 0 Å². The average Bonchev–Trinajstić information content (AvgIpc) is 1.98. The van der Waals surface area contributed by atoms with Gasteiger partial charge in [0.2, 0.25) is 0 Å². The maximum Gasteiger partial charge on any atom is 0.262 e. The van der Waals surface area contributed by atoms with Crippen molar-refractivity contribution < 1.29 is 12.8 Å². The lowest BCUT2D eigenvalue weighted by atomic mass is 10.3. The first-order valence-electron chi connectivity index (χ1n) is 2.92. The molecule has 72 valence electrons. The zero-order valence-corrected chi connectivity index (χ0v) is 11.2. The van der Waals surface area contributed by atoms with Crippen LogP contribution in [-0.4, -0.2) is 8.42 Å². The Morgan fingerprint density at radius 2 is 2.00 bits per heavy atom. The Morgan fingerprint density at radius 3 is 2.46 bits per heavy atom. The molecule has 0 heterocycles. The molecule has 0 spiro atoms. The highest BCUT2D eigenvalue weighted by molar-refractivity contribution is 14.1. The van der Waals surface area contributed by atoms with Gasteiger partial charge < -0.3 is 0 Å². The van der Waals surface area contributed by atoms with E-state index in [1.165, 1.54) is 0 Å². The molecule has 0 amide bonds. The molecular formula is C6H2BrClFIO2S. The number of halogens is 4. The van der Waals surface area contributed by atoms with E-state index in [9.17, 15) is 12.8 Å². The fourth-order valence-electron chi connectivity index (χ4n) is 0.696. The van der Waals surface area contributed by atoms with Gasteiger partial charge in [0.15, 0.2) is 0 Å². The number of rotatable bonds is 1. The second-order valence-electron chi connectivity index (χ2n) is 2.11. The van der Waals surface area contributed by atoms with E-state index in [2.05, 4.69) is 15.9 Å². The summed E-state index contributed by atoms with van der Waals surface area (Å²) in [5.74, 6) is -0.520. The predicted octanol–water partition coefficient (Wildman–Crippen LogP) is 3.12. The van der Waals surface area contributed by atoms with Gasteiger partial charge in [0.05, 0.1) is 12.9 Å². The molecule has 1 rings (SSSR count). The van der Waals surface area contributed by atoms with Gasteiger partial charge in [-0.25, -0.2) is 12.8 Å². The highest BCUT2D eigenvalue weighted by Gasteiger charge is 2.18. The minimum Gasteiger partial charge on any atom is -0.207 e. The van der Waals surface area contributed by atoms with Gasteiger partial charge in [-0.1, -0.05) is 0 Å². The van der Waals surface area contributed by atoms with Gasteiger partial charge in [0, 0.05) is 10.7 Å². The van der Waals surface area contributed by atoms with Crippen LogP contribution in [0.3, 0.4) is 0 Å². The Morgan fingerprint density at radius 1 is 1.46 bits per heavy atom. The Kier molecular flexibility index (Phi) is 3.59. The van der Waals surface area contributed by atoms with Gasteiger partial charge in [-0.2, -0.15) is 0 Å². The largest absolute Gasteiger partial charge is 0.262 e. The second-order valence-corrected chi connectivity index (χ2v) is 6.52. The molecule has 1 aromatic rings. The van der Waals surface area contributed by atoms with Crippen LogP contribution in [0.25, 0.3) is 0 Å². The van der Waals surface area contributed by atoms with E-state index in [0.29, 0.717) is 0 Å². The van der Waals surface area contributed by atoms with Gasteiger partial charge in [0.1, 0.15) is 5.82 Å². The molecule has 0 bridgehead atoms. The summed E-state index contributed by atoms with van der Waals surface area (Å²) in [6, 6.07) is 2.17. The fraction of sp³-hybridized carbons (Fsp3) is 0. The normalized spacial score (nSPS) is 11.7. The van der Waals surface area contributed by atoms with Crippen LogP contribution in [0.2, 0.25) is 0 Å². The first kappa shape index (κ1) is 11.7. The molecule has 13 heavy (non-hydrogen) atoms. The summed E-state index contributed by atoms with van der Waals surface area (Å²) >= 11 is 4.62. The molecule has 7 heteroatoms. The lowest BCUT2D eigenvalue weighted by Crippen LogP contribution is -1.96. The summed E-state index contributed by atoms with van der Waals surface area (Å²) in [4.78, 5) is -0.0944. The lowest BCUT2D eigenvalue weighted by Gasteiger charge is -2.02. The van der Waals surface area contributed by atoms with Crippen LogP contribution in [-0.2, 0) is 9.05 Å². The molecule has 0 fully saturated rings. The minimum atomic E-state index is -3.80. The zero-order valence-electron chi connectivity index (χ0n) is 5.89. The molecule has 0 aliphatic heterocycles. The minimum absolute atomic E-state index is 0.0944. The summed E-state index contributed by atoms with van der Waals surface area (Å²) < 4.78 is 35.1. The summed E-state index contributed by atoms with van der Waals surface area (Å²) in [6.07, 6.45) is 0. The van der Waals surface area contributed by atoms with E-state index in [0.717, 1.165) is 12.1 Å². The van der Waals surface area contributed by atoms with Crippen molar-refractivity contribution in [3.8, 4) is 0 Å². The Hall–Kier alpha value is 0.600. The summed E-state index contributed by atoms with van der Waals surface area (Å²) in [7, 11) is 1.31. The van der Waals surface area contributed by atoms with Crippen molar-refractivity contribution in [1.29, 1.82) is 0 Å². The number of hydrogen-bond acceptors (Lipinski definition) is 2. The van der Waals surface area contributed by atoms with Crippen molar-refractivity contribution in [2.45, 2.75) is 4.90 Å². The standard InChI is InChI=1S/C6H2BrClFIO2S/c7-5-3(9)1-2-4(6(5)10)13(8,11)12/h1-2H. The highest BCUT2D eigenvalue weighted by atomic mass is 127. The average molecular weight is 399 g/mol. The quantitative estimate of drug-likeness (QED) is 0.413. The topological polar surface area (TPSA) is 34.1 Å². The van der Waals surface area contributed by atoms with Crippen molar-refractivity contribution >= 4 is 58.3 Å². The molecule has 0 aliphatic rings. The molecule has 0 unspecified atom stereocenters. The van der Waals surface area contributed by atoms with E-state index in [1.807, 2.05) is 0 Å². The van der Waals surface area contributed by atoms with Crippen LogP contribution in [0.1, 0.15) is 0 Å². The van der Waals surface area contributed by atoms with Crippen LogP contribution < -0.4 is 0 Å². The van der Waals surface area contributed by atoms with E-state index >= 15 is 0 Å². The molecule has 0 radical (unpaired) electrons. The monoisotopic (exact) mass is 398 g/mol. The third-order valence-corrected chi connectivity index (χ3v) is 5.63. The maximum atomic E-state index is 12.9.